The van der Waals surface area contributed by atoms with E-state index in [1.54, 1.807) is 10.9 Å². The topological polar surface area (TPSA) is 67.2 Å². The molecule has 0 aliphatic rings. The SMILES string of the molecule is C[C@@H](C[C@H](O)c1ccccc1)NC(=O)CCn1cccn1. The zero-order valence-corrected chi connectivity index (χ0v) is 12.1. The third-order valence-corrected chi connectivity index (χ3v) is 3.30. The van der Waals surface area contributed by atoms with Crippen molar-refractivity contribution in [2.45, 2.75) is 38.5 Å². The average Bonchev–Trinajstić information content (AvgIpc) is 2.99. The number of rotatable bonds is 7. The van der Waals surface area contributed by atoms with E-state index in [1.165, 1.54) is 0 Å². The lowest BCUT2D eigenvalue weighted by molar-refractivity contribution is -0.122. The molecular formula is C16H21N3O2. The van der Waals surface area contributed by atoms with E-state index in [9.17, 15) is 9.90 Å². The number of hydrogen-bond donors (Lipinski definition) is 2. The number of aryl methyl sites for hydroxylation is 1. The molecule has 0 aliphatic heterocycles. The minimum absolute atomic E-state index is 0.0294. The van der Waals surface area contributed by atoms with E-state index in [0.29, 0.717) is 19.4 Å². The van der Waals surface area contributed by atoms with Gasteiger partial charge in [-0.1, -0.05) is 30.3 Å². The highest BCUT2D eigenvalue weighted by Gasteiger charge is 2.14. The second kappa shape index (κ2) is 7.59. The predicted molar refractivity (Wildman–Crippen MR) is 80.5 cm³/mol. The molecule has 0 radical (unpaired) electrons. The van der Waals surface area contributed by atoms with Crippen LogP contribution in [-0.2, 0) is 11.3 Å². The molecule has 2 N–H and O–H groups in total. The van der Waals surface area contributed by atoms with Crippen molar-refractivity contribution in [3.05, 3.63) is 54.4 Å². The molecule has 2 rings (SSSR count). The van der Waals surface area contributed by atoms with E-state index in [2.05, 4.69) is 10.4 Å². The zero-order valence-electron chi connectivity index (χ0n) is 12.1. The van der Waals surface area contributed by atoms with Gasteiger partial charge in [-0.25, -0.2) is 0 Å². The van der Waals surface area contributed by atoms with Crippen LogP contribution in [0.4, 0.5) is 0 Å². The van der Waals surface area contributed by atoms with E-state index < -0.39 is 6.10 Å². The van der Waals surface area contributed by atoms with Crippen LogP contribution in [0.1, 0.15) is 31.4 Å². The van der Waals surface area contributed by atoms with Crippen molar-refractivity contribution in [3.8, 4) is 0 Å². The molecule has 0 spiro atoms. The highest BCUT2D eigenvalue weighted by Crippen LogP contribution is 2.17. The number of aliphatic hydroxyl groups is 1. The Labute approximate surface area is 124 Å². The van der Waals surface area contributed by atoms with Gasteiger partial charge in [-0.2, -0.15) is 5.10 Å². The molecule has 0 bridgehead atoms. The summed E-state index contributed by atoms with van der Waals surface area (Å²) in [5, 5.41) is 17.1. The van der Waals surface area contributed by atoms with Gasteiger partial charge in [0, 0.05) is 31.4 Å². The summed E-state index contributed by atoms with van der Waals surface area (Å²) in [5.41, 5.74) is 0.871. The Hall–Kier alpha value is -2.14. The van der Waals surface area contributed by atoms with Gasteiger partial charge in [-0.3, -0.25) is 9.48 Å². The van der Waals surface area contributed by atoms with E-state index in [1.807, 2.05) is 49.5 Å². The summed E-state index contributed by atoms with van der Waals surface area (Å²) in [5.74, 6) is -0.0294. The molecule has 5 nitrogen and oxygen atoms in total. The van der Waals surface area contributed by atoms with E-state index in [-0.39, 0.29) is 11.9 Å². The minimum atomic E-state index is -0.562. The van der Waals surface area contributed by atoms with Gasteiger partial charge in [0.1, 0.15) is 0 Å². The number of aliphatic hydroxyl groups excluding tert-OH is 1. The van der Waals surface area contributed by atoms with Gasteiger partial charge in [0.15, 0.2) is 0 Å². The Bertz CT molecular complexity index is 540. The van der Waals surface area contributed by atoms with Crippen molar-refractivity contribution in [2.24, 2.45) is 0 Å². The maximum atomic E-state index is 11.8. The molecule has 112 valence electrons. The highest BCUT2D eigenvalue weighted by atomic mass is 16.3. The smallest absolute Gasteiger partial charge is 0.222 e. The number of carbonyl (C=O) groups excluding carboxylic acids is 1. The van der Waals surface area contributed by atoms with Crippen molar-refractivity contribution in [1.29, 1.82) is 0 Å². The maximum Gasteiger partial charge on any atom is 0.222 e. The summed E-state index contributed by atoms with van der Waals surface area (Å²) in [6, 6.07) is 11.2. The monoisotopic (exact) mass is 287 g/mol. The Morgan fingerprint density at radius 1 is 1.33 bits per heavy atom. The summed E-state index contributed by atoms with van der Waals surface area (Å²) >= 11 is 0. The van der Waals surface area contributed by atoms with Crippen LogP contribution in [-0.4, -0.2) is 26.8 Å². The first-order valence-corrected chi connectivity index (χ1v) is 7.15. The quantitative estimate of drug-likeness (QED) is 0.817. The second-order valence-electron chi connectivity index (χ2n) is 5.15. The van der Waals surface area contributed by atoms with Crippen molar-refractivity contribution >= 4 is 5.91 Å². The third-order valence-electron chi connectivity index (χ3n) is 3.30. The number of nitrogens with zero attached hydrogens (tertiary/aromatic N) is 2. The summed E-state index contributed by atoms with van der Waals surface area (Å²) in [6.07, 6.45) is 3.84. The van der Waals surface area contributed by atoms with Crippen LogP contribution in [0.3, 0.4) is 0 Å². The first-order chi connectivity index (χ1) is 10.1. The summed E-state index contributed by atoms with van der Waals surface area (Å²) in [4.78, 5) is 11.8. The van der Waals surface area contributed by atoms with Crippen LogP contribution in [0.15, 0.2) is 48.8 Å². The van der Waals surface area contributed by atoms with Crippen LogP contribution in [0.25, 0.3) is 0 Å². The van der Waals surface area contributed by atoms with Gasteiger partial charge in [0.2, 0.25) is 5.91 Å². The number of benzene rings is 1. The molecule has 0 saturated heterocycles. The summed E-state index contributed by atoms with van der Waals surface area (Å²) in [6.45, 7) is 2.46. The van der Waals surface area contributed by atoms with Gasteiger partial charge in [0.05, 0.1) is 6.10 Å². The average molecular weight is 287 g/mol. The molecular weight excluding hydrogens is 266 g/mol. The largest absolute Gasteiger partial charge is 0.388 e. The fraction of sp³-hybridized carbons (Fsp3) is 0.375. The summed E-state index contributed by atoms with van der Waals surface area (Å²) < 4.78 is 1.73. The molecule has 5 heteroatoms. The van der Waals surface area contributed by atoms with Gasteiger partial charge in [-0.15, -0.1) is 0 Å². The van der Waals surface area contributed by atoms with Gasteiger partial charge < -0.3 is 10.4 Å². The molecule has 1 amide bonds. The number of hydrogen-bond acceptors (Lipinski definition) is 3. The van der Waals surface area contributed by atoms with E-state index in [4.69, 9.17) is 0 Å². The van der Waals surface area contributed by atoms with Crippen molar-refractivity contribution < 1.29 is 9.90 Å². The van der Waals surface area contributed by atoms with Gasteiger partial charge >= 0.3 is 0 Å². The van der Waals surface area contributed by atoms with Crippen LogP contribution in [0.5, 0.6) is 0 Å². The lowest BCUT2D eigenvalue weighted by Gasteiger charge is -2.18. The maximum absolute atomic E-state index is 11.8. The number of aromatic nitrogens is 2. The standard InChI is InChI=1S/C16H21N3O2/c1-13(12-15(20)14-6-3-2-4-7-14)18-16(21)8-11-19-10-5-9-17-19/h2-7,9-10,13,15,20H,8,11-12H2,1H3,(H,18,21)/t13-,15-/m0/s1. The molecule has 1 heterocycles. The third kappa shape index (κ3) is 5.04. The van der Waals surface area contributed by atoms with Gasteiger partial charge in [-0.05, 0) is 25.0 Å². The first-order valence-electron chi connectivity index (χ1n) is 7.15. The molecule has 2 aromatic rings. The molecule has 0 saturated carbocycles. The van der Waals surface area contributed by atoms with E-state index in [0.717, 1.165) is 5.56 Å². The fourth-order valence-corrected chi connectivity index (χ4v) is 2.20. The lowest BCUT2D eigenvalue weighted by atomic mass is 10.0. The number of amides is 1. The van der Waals surface area contributed by atoms with Crippen LogP contribution in [0.2, 0.25) is 0 Å². The zero-order chi connectivity index (χ0) is 15.1. The Morgan fingerprint density at radius 3 is 2.76 bits per heavy atom. The van der Waals surface area contributed by atoms with Crippen LogP contribution < -0.4 is 5.32 Å². The van der Waals surface area contributed by atoms with Crippen molar-refractivity contribution in [1.82, 2.24) is 15.1 Å². The second-order valence-corrected chi connectivity index (χ2v) is 5.15. The summed E-state index contributed by atoms with van der Waals surface area (Å²) in [7, 11) is 0. The number of nitrogens with one attached hydrogen (secondary N) is 1. The fourth-order valence-electron chi connectivity index (χ4n) is 2.20. The van der Waals surface area contributed by atoms with Crippen LogP contribution in [0, 0.1) is 0 Å². The lowest BCUT2D eigenvalue weighted by Crippen LogP contribution is -2.34. The minimum Gasteiger partial charge on any atom is -0.388 e. The van der Waals surface area contributed by atoms with E-state index >= 15 is 0 Å². The normalized spacial score (nSPS) is 13.6. The molecule has 21 heavy (non-hydrogen) atoms. The van der Waals surface area contributed by atoms with Crippen molar-refractivity contribution in [2.75, 3.05) is 0 Å². The molecule has 0 aliphatic carbocycles. The number of carbonyl (C=O) groups is 1. The molecule has 1 aromatic carbocycles. The molecule has 0 fully saturated rings. The van der Waals surface area contributed by atoms with Gasteiger partial charge in [0.25, 0.3) is 0 Å². The Morgan fingerprint density at radius 2 is 2.10 bits per heavy atom. The molecule has 1 aromatic heterocycles. The molecule has 0 unspecified atom stereocenters. The highest BCUT2D eigenvalue weighted by molar-refractivity contribution is 5.76. The Kier molecular flexibility index (Phi) is 5.51. The first kappa shape index (κ1) is 15.3. The van der Waals surface area contributed by atoms with Crippen molar-refractivity contribution in [3.63, 3.8) is 0 Å². The predicted octanol–water partition coefficient (Wildman–Crippen LogP) is 1.90. The molecule has 2 atom stereocenters. The Balaban J connectivity index is 1.73. The van der Waals surface area contributed by atoms with Crippen LogP contribution >= 0.6 is 0 Å².